The number of unbranched alkanes of at least 4 members (excludes halogenated alkanes) is 4. The van der Waals surface area contributed by atoms with Crippen LogP contribution in [0, 0.1) is 28.6 Å². The van der Waals surface area contributed by atoms with E-state index >= 15 is 4.39 Å². The second-order valence-corrected chi connectivity index (χ2v) is 12.3. The highest BCUT2D eigenvalue weighted by Crippen LogP contribution is 2.70. The molecule has 38 heavy (non-hydrogen) atoms. The molecule has 214 valence electrons. The van der Waals surface area contributed by atoms with Crippen LogP contribution < -0.4 is 0 Å². The summed E-state index contributed by atoms with van der Waals surface area (Å²) < 4.78 is 16.9. The molecule has 0 aliphatic heterocycles. The molecule has 0 radical (unpaired) electrons. The number of fused-ring (bicyclic) bond motifs is 5. The maximum Gasteiger partial charge on any atom is 0.303 e. The van der Waals surface area contributed by atoms with Crippen molar-refractivity contribution in [3.05, 3.63) is 23.8 Å². The molecule has 3 saturated carbocycles. The molecule has 0 spiro atoms. The molecule has 4 aliphatic carbocycles. The fourth-order valence-electron chi connectivity index (χ4n) is 8.14. The molecular weight excluding hydrogens is 491 g/mol. The van der Waals surface area contributed by atoms with Crippen molar-refractivity contribution in [2.45, 2.75) is 109 Å². The first-order valence-electron chi connectivity index (χ1n) is 14.1. The van der Waals surface area contributed by atoms with Gasteiger partial charge in [-0.3, -0.25) is 14.4 Å². The zero-order valence-corrected chi connectivity index (χ0v) is 23.2. The third-order valence-corrected chi connectivity index (χ3v) is 10.3. The number of hydrogen-bond donors (Lipinski definition) is 4. The molecule has 0 saturated heterocycles. The Labute approximate surface area is 225 Å². The summed E-state index contributed by atoms with van der Waals surface area (Å²) in [5, 5.41) is 40.2. The smallest absolute Gasteiger partial charge is 0.303 e. The lowest BCUT2D eigenvalue weighted by Gasteiger charge is -2.62. The van der Waals surface area contributed by atoms with E-state index in [-0.39, 0.29) is 18.1 Å². The summed E-state index contributed by atoms with van der Waals surface area (Å²) in [5.74, 6) is -2.79. The lowest BCUT2D eigenvalue weighted by atomic mass is 9.44. The van der Waals surface area contributed by atoms with E-state index in [0.717, 1.165) is 12.8 Å². The summed E-state index contributed by atoms with van der Waals surface area (Å²) in [7, 11) is 0. The van der Waals surface area contributed by atoms with Gasteiger partial charge in [-0.25, -0.2) is 4.39 Å². The highest BCUT2D eigenvalue weighted by atomic mass is 19.1. The van der Waals surface area contributed by atoms with Gasteiger partial charge in [-0.1, -0.05) is 58.1 Å². The number of allylic oxidation sites excluding steroid dienone is 4. The maximum absolute atomic E-state index is 16.9. The minimum absolute atomic E-state index is 0.0676. The topological polar surface area (TPSA) is 132 Å². The third-order valence-electron chi connectivity index (χ3n) is 10.3. The Kier molecular flexibility index (Phi) is 9.11. The van der Waals surface area contributed by atoms with E-state index in [1.165, 1.54) is 31.4 Å². The van der Waals surface area contributed by atoms with Gasteiger partial charge >= 0.3 is 5.97 Å². The van der Waals surface area contributed by atoms with Gasteiger partial charge < -0.3 is 20.4 Å². The molecule has 4 rings (SSSR count). The molecular formula is C30H45FO7. The Hall–Kier alpha value is -1.90. The van der Waals surface area contributed by atoms with E-state index in [1.54, 1.807) is 26.8 Å². The monoisotopic (exact) mass is 536 g/mol. The second-order valence-electron chi connectivity index (χ2n) is 12.3. The zero-order valence-electron chi connectivity index (χ0n) is 23.2. The van der Waals surface area contributed by atoms with Crippen LogP contribution in [0.4, 0.5) is 4.39 Å². The second kappa shape index (κ2) is 11.3. The maximum atomic E-state index is 16.9. The van der Waals surface area contributed by atoms with Crippen molar-refractivity contribution in [2.24, 2.45) is 28.6 Å². The van der Waals surface area contributed by atoms with E-state index in [1.807, 2.05) is 0 Å². The number of carboxylic acids is 1. The van der Waals surface area contributed by atoms with Gasteiger partial charge in [0, 0.05) is 23.2 Å². The van der Waals surface area contributed by atoms with Gasteiger partial charge in [-0.15, -0.1) is 0 Å². The number of aliphatic hydroxyl groups is 3. The molecule has 4 aliphatic rings. The summed E-state index contributed by atoms with van der Waals surface area (Å²) in [6, 6.07) is 0. The summed E-state index contributed by atoms with van der Waals surface area (Å²) in [4.78, 5) is 34.4. The van der Waals surface area contributed by atoms with Gasteiger partial charge in [0.1, 0.15) is 12.2 Å². The minimum atomic E-state index is -1.98. The normalized spacial score (nSPS) is 41.3. The number of aliphatic carboxylic acids is 1. The minimum Gasteiger partial charge on any atom is -0.481 e. The van der Waals surface area contributed by atoms with Gasteiger partial charge in [0.25, 0.3) is 0 Å². The molecule has 3 fully saturated rings. The molecule has 0 heterocycles. The number of carbonyl (C=O) groups excluding carboxylic acids is 2. The number of carbonyl (C=O) groups is 3. The van der Waals surface area contributed by atoms with Gasteiger partial charge in [0.15, 0.2) is 17.2 Å². The number of ketones is 2. The number of rotatable bonds is 8. The van der Waals surface area contributed by atoms with Crippen LogP contribution in [-0.2, 0) is 14.4 Å². The van der Waals surface area contributed by atoms with Crippen molar-refractivity contribution < 1.29 is 39.2 Å². The number of halogens is 1. The number of alkyl halides is 1. The SMILES string of the molecule is CCCCCCCC(=O)O.C[C@@H]1C[C@H]2[C@@H]3CCC4=CC(=O)C=C[C@]4(C)[C@@]3(F)[C@@H](O)C[C@]2(C)[C@@]1(O)C(=O)CO. The molecule has 0 aromatic heterocycles. The van der Waals surface area contributed by atoms with Crippen LogP contribution in [0.5, 0.6) is 0 Å². The Bertz CT molecular complexity index is 991. The van der Waals surface area contributed by atoms with Gasteiger partial charge in [0.2, 0.25) is 0 Å². The van der Waals surface area contributed by atoms with E-state index in [0.29, 0.717) is 31.3 Å². The van der Waals surface area contributed by atoms with Crippen LogP contribution >= 0.6 is 0 Å². The zero-order chi connectivity index (χ0) is 28.5. The Morgan fingerprint density at radius 1 is 1.13 bits per heavy atom. The van der Waals surface area contributed by atoms with Crippen LogP contribution in [0.15, 0.2) is 23.8 Å². The van der Waals surface area contributed by atoms with Crippen molar-refractivity contribution in [1.82, 2.24) is 0 Å². The summed E-state index contributed by atoms with van der Waals surface area (Å²) in [6.45, 7) is 6.63. The van der Waals surface area contributed by atoms with Crippen molar-refractivity contribution in [3.63, 3.8) is 0 Å². The molecule has 0 aromatic rings. The lowest BCUT2D eigenvalue weighted by molar-refractivity contribution is -0.219. The summed E-state index contributed by atoms with van der Waals surface area (Å²) >= 11 is 0. The molecule has 0 aromatic carbocycles. The average molecular weight is 537 g/mol. The van der Waals surface area contributed by atoms with Crippen molar-refractivity contribution in [1.29, 1.82) is 0 Å². The molecule has 0 bridgehead atoms. The largest absolute Gasteiger partial charge is 0.481 e. The fourth-order valence-corrected chi connectivity index (χ4v) is 8.14. The predicted molar refractivity (Wildman–Crippen MR) is 141 cm³/mol. The van der Waals surface area contributed by atoms with Gasteiger partial charge in [-0.05, 0) is 63.0 Å². The van der Waals surface area contributed by atoms with Crippen LogP contribution in [0.2, 0.25) is 0 Å². The summed E-state index contributed by atoms with van der Waals surface area (Å²) in [6.07, 6.45) is 10.3. The number of hydrogen-bond acceptors (Lipinski definition) is 6. The third kappa shape index (κ3) is 4.71. The number of aliphatic hydroxyl groups excluding tert-OH is 2. The Morgan fingerprint density at radius 2 is 1.79 bits per heavy atom. The van der Waals surface area contributed by atoms with Crippen molar-refractivity contribution in [2.75, 3.05) is 6.61 Å². The van der Waals surface area contributed by atoms with E-state index < -0.39 is 58.4 Å². The standard InChI is InChI=1S/C22H29FO5.C8H16O2/c1-12-8-16-15-5-4-13-9-14(25)6-7-19(13,2)21(15,23)17(26)10-20(16,3)22(12,28)18(27)11-24;1-2-3-4-5-6-7-8(9)10/h6-7,9,12,15-17,24,26,28H,4-5,8,10-11H2,1-3H3;2-7H2,1H3,(H,9,10)/t12-,15+,16+,17+,19+,20+,21+,22+;/m1./s1. The van der Waals surface area contributed by atoms with Crippen LogP contribution in [0.3, 0.4) is 0 Å². The highest BCUT2D eigenvalue weighted by Gasteiger charge is 2.75. The molecule has 7 nitrogen and oxygen atoms in total. The van der Waals surface area contributed by atoms with Crippen LogP contribution in [0.1, 0.15) is 91.9 Å². The van der Waals surface area contributed by atoms with Crippen molar-refractivity contribution >= 4 is 17.5 Å². The fraction of sp³-hybridized carbons (Fsp3) is 0.767. The lowest BCUT2D eigenvalue weighted by Crippen LogP contribution is -2.69. The van der Waals surface area contributed by atoms with Crippen LogP contribution in [-0.4, -0.2) is 61.9 Å². The Morgan fingerprint density at radius 3 is 2.39 bits per heavy atom. The molecule has 8 heteroatoms. The predicted octanol–water partition coefficient (Wildman–Crippen LogP) is 4.33. The quantitative estimate of drug-likeness (QED) is 0.340. The van der Waals surface area contributed by atoms with Gasteiger partial charge in [0.05, 0.1) is 6.10 Å². The van der Waals surface area contributed by atoms with Gasteiger partial charge in [-0.2, -0.15) is 0 Å². The average Bonchev–Trinajstić information content (AvgIpc) is 3.06. The molecule has 8 atom stereocenters. The van der Waals surface area contributed by atoms with E-state index in [4.69, 9.17) is 5.11 Å². The van der Waals surface area contributed by atoms with Crippen molar-refractivity contribution in [3.8, 4) is 0 Å². The molecule has 0 unspecified atom stereocenters. The number of Topliss-reactive ketones (excluding diaryl/α,β-unsaturated/α-hetero) is 1. The Balaban J connectivity index is 0.000000342. The molecule has 4 N–H and O–H groups in total. The van der Waals surface area contributed by atoms with E-state index in [9.17, 15) is 29.7 Å². The first-order valence-corrected chi connectivity index (χ1v) is 14.1. The first kappa shape index (κ1) is 30.6. The number of carboxylic acid groups (broad SMARTS) is 1. The highest BCUT2D eigenvalue weighted by molar-refractivity contribution is 6.01. The van der Waals surface area contributed by atoms with Crippen LogP contribution in [0.25, 0.3) is 0 Å². The van der Waals surface area contributed by atoms with E-state index in [2.05, 4.69) is 6.92 Å². The first-order chi connectivity index (χ1) is 17.7. The molecule has 0 amide bonds. The summed E-state index contributed by atoms with van der Waals surface area (Å²) in [5.41, 5.74) is -5.17.